The Morgan fingerprint density at radius 1 is 1.47 bits per heavy atom. The van der Waals surface area contributed by atoms with E-state index in [4.69, 9.17) is 29.0 Å². The third kappa shape index (κ3) is 3.84. The smallest absolute Gasteiger partial charge is 0.288 e. The quantitative estimate of drug-likeness (QED) is 0.389. The number of rotatable bonds is 4. The number of nitrogens with two attached hydrogens (primary N) is 1. The van der Waals surface area contributed by atoms with Crippen molar-refractivity contribution in [1.82, 2.24) is 10.4 Å². The number of amides is 1. The van der Waals surface area contributed by atoms with Gasteiger partial charge in [-0.05, 0) is 18.2 Å². The lowest BCUT2D eigenvalue weighted by Gasteiger charge is -2.03. The number of nitrogens with one attached hydrogen (secondary N) is 1. The van der Waals surface area contributed by atoms with Gasteiger partial charge in [0.25, 0.3) is 5.91 Å². The molecular formula is C11H9Cl2N3OS2. The summed E-state index contributed by atoms with van der Waals surface area (Å²) < 4.78 is 0. The molecule has 0 aliphatic rings. The molecule has 0 radical (unpaired) electrons. The fraction of sp³-hybridized carbons (Fsp3) is 0.0909. The van der Waals surface area contributed by atoms with Crippen LogP contribution in [0.25, 0.3) is 0 Å². The fourth-order valence-electron chi connectivity index (χ4n) is 1.28. The van der Waals surface area contributed by atoms with E-state index in [1.54, 1.807) is 18.2 Å². The van der Waals surface area contributed by atoms with Crippen LogP contribution >= 0.6 is 46.3 Å². The lowest BCUT2D eigenvalue weighted by molar-refractivity contribution is 0.0953. The van der Waals surface area contributed by atoms with Gasteiger partial charge in [0.1, 0.15) is 0 Å². The molecule has 0 aliphatic heterocycles. The van der Waals surface area contributed by atoms with Crippen LogP contribution in [0.5, 0.6) is 0 Å². The Morgan fingerprint density at radius 2 is 2.26 bits per heavy atom. The van der Waals surface area contributed by atoms with E-state index >= 15 is 0 Å². The Hall–Kier alpha value is -0.790. The molecule has 0 atom stereocenters. The third-order valence-electron chi connectivity index (χ3n) is 2.15. The van der Waals surface area contributed by atoms with Gasteiger partial charge in [-0.2, -0.15) is 0 Å². The summed E-state index contributed by atoms with van der Waals surface area (Å²) in [5.41, 5.74) is 2.84. The van der Waals surface area contributed by atoms with Crippen LogP contribution in [-0.2, 0) is 5.75 Å². The zero-order chi connectivity index (χ0) is 13.8. The number of aromatic nitrogens is 1. The van der Waals surface area contributed by atoms with E-state index in [-0.39, 0.29) is 5.91 Å². The minimum Gasteiger partial charge on any atom is -0.288 e. The van der Waals surface area contributed by atoms with Gasteiger partial charge in [0.15, 0.2) is 5.01 Å². The van der Waals surface area contributed by atoms with Crippen LogP contribution in [0.4, 0.5) is 0 Å². The number of nitrogens with zero attached hydrogens (tertiary/aromatic N) is 1. The Kier molecular flexibility index (Phi) is 5.06. The second-order valence-electron chi connectivity index (χ2n) is 3.48. The van der Waals surface area contributed by atoms with Crippen LogP contribution in [0.3, 0.4) is 0 Å². The molecule has 4 nitrogen and oxygen atoms in total. The summed E-state index contributed by atoms with van der Waals surface area (Å²) in [4.78, 5) is 16.3. The Labute approximate surface area is 128 Å². The number of thioether (sulfide) groups is 1. The lowest BCUT2D eigenvalue weighted by atomic mass is 10.4. The molecule has 3 N–H and O–H groups in total. The number of hydrogen-bond acceptors (Lipinski definition) is 5. The summed E-state index contributed by atoms with van der Waals surface area (Å²) in [5, 5.41) is 3.43. The standard InChI is InChI=1S/C11H9Cl2N3OS2/c12-6-1-2-8(13)9(3-6)18-4-7-5-19-11(15-7)10(17)16-14/h1-3,5H,4,14H2,(H,16,17). The van der Waals surface area contributed by atoms with Crippen LogP contribution in [0.1, 0.15) is 15.5 Å². The molecule has 2 rings (SSSR count). The molecule has 0 bridgehead atoms. The van der Waals surface area contributed by atoms with Crippen LogP contribution in [0, 0.1) is 0 Å². The summed E-state index contributed by atoms with van der Waals surface area (Å²) >= 11 is 14.7. The van der Waals surface area contributed by atoms with Gasteiger partial charge in [-0.25, -0.2) is 10.8 Å². The highest BCUT2D eigenvalue weighted by Crippen LogP contribution is 2.32. The molecule has 1 aromatic heterocycles. The second kappa shape index (κ2) is 6.58. The van der Waals surface area contributed by atoms with E-state index in [9.17, 15) is 4.79 Å². The molecule has 0 saturated heterocycles. The summed E-state index contributed by atoms with van der Waals surface area (Å²) in [5.74, 6) is 5.26. The van der Waals surface area contributed by atoms with Crippen molar-refractivity contribution in [3.8, 4) is 0 Å². The molecule has 1 amide bonds. The maximum Gasteiger partial charge on any atom is 0.294 e. The maximum atomic E-state index is 11.3. The maximum absolute atomic E-state index is 11.3. The van der Waals surface area contributed by atoms with Gasteiger partial charge in [0.2, 0.25) is 0 Å². The summed E-state index contributed by atoms with van der Waals surface area (Å²) in [6.07, 6.45) is 0. The molecule has 0 saturated carbocycles. The Morgan fingerprint density at radius 3 is 3.00 bits per heavy atom. The van der Waals surface area contributed by atoms with E-state index in [2.05, 4.69) is 4.98 Å². The summed E-state index contributed by atoms with van der Waals surface area (Å²) in [6, 6.07) is 5.29. The second-order valence-corrected chi connectivity index (χ2v) is 6.20. The number of benzene rings is 1. The van der Waals surface area contributed by atoms with Gasteiger partial charge >= 0.3 is 0 Å². The number of hydrazine groups is 1. The Balaban J connectivity index is 2.04. The molecular weight excluding hydrogens is 325 g/mol. The number of carbonyl (C=O) groups is 1. The van der Waals surface area contributed by atoms with E-state index in [0.717, 1.165) is 10.6 Å². The molecule has 0 fully saturated rings. The van der Waals surface area contributed by atoms with Gasteiger partial charge in [-0.1, -0.05) is 23.2 Å². The summed E-state index contributed by atoms with van der Waals surface area (Å²) in [7, 11) is 0. The van der Waals surface area contributed by atoms with Crippen molar-refractivity contribution in [3.05, 3.63) is 44.3 Å². The van der Waals surface area contributed by atoms with Crippen molar-refractivity contribution in [3.63, 3.8) is 0 Å². The summed E-state index contributed by atoms with van der Waals surface area (Å²) in [6.45, 7) is 0. The minimum absolute atomic E-state index is 0.343. The largest absolute Gasteiger partial charge is 0.294 e. The molecule has 19 heavy (non-hydrogen) atoms. The molecule has 1 aromatic carbocycles. The molecule has 100 valence electrons. The SMILES string of the molecule is NNC(=O)c1nc(CSc2cc(Cl)ccc2Cl)cs1. The van der Waals surface area contributed by atoms with Crippen molar-refractivity contribution in [2.45, 2.75) is 10.6 Å². The molecule has 1 heterocycles. The molecule has 0 aliphatic carbocycles. The Bertz CT molecular complexity index is 603. The van der Waals surface area contributed by atoms with Gasteiger partial charge < -0.3 is 0 Å². The molecule has 0 spiro atoms. The van der Waals surface area contributed by atoms with Crippen molar-refractivity contribution in [2.75, 3.05) is 0 Å². The first-order chi connectivity index (χ1) is 9.10. The van der Waals surface area contributed by atoms with Crippen LogP contribution in [-0.4, -0.2) is 10.9 Å². The van der Waals surface area contributed by atoms with Crippen LogP contribution < -0.4 is 11.3 Å². The highest BCUT2D eigenvalue weighted by Gasteiger charge is 2.10. The average molecular weight is 334 g/mol. The van der Waals surface area contributed by atoms with E-state index < -0.39 is 0 Å². The fourth-order valence-corrected chi connectivity index (χ4v) is 3.49. The topological polar surface area (TPSA) is 68.0 Å². The van der Waals surface area contributed by atoms with Crippen LogP contribution in [0.2, 0.25) is 10.0 Å². The minimum atomic E-state index is -0.387. The van der Waals surface area contributed by atoms with Crippen molar-refractivity contribution < 1.29 is 4.79 Å². The predicted molar refractivity (Wildman–Crippen MR) is 79.8 cm³/mol. The number of carbonyl (C=O) groups excluding carboxylic acids is 1. The number of hydrogen-bond donors (Lipinski definition) is 2. The highest BCUT2D eigenvalue weighted by molar-refractivity contribution is 7.98. The van der Waals surface area contributed by atoms with Crippen molar-refractivity contribution >= 4 is 52.2 Å². The normalized spacial score (nSPS) is 10.5. The number of halogens is 2. The molecule has 2 aromatic rings. The first-order valence-electron chi connectivity index (χ1n) is 5.13. The van der Waals surface area contributed by atoms with E-state index in [1.807, 2.05) is 10.8 Å². The molecule has 8 heteroatoms. The van der Waals surface area contributed by atoms with Crippen LogP contribution in [0.15, 0.2) is 28.5 Å². The first kappa shape index (κ1) is 14.6. The zero-order valence-electron chi connectivity index (χ0n) is 9.52. The van der Waals surface area contributed by atoms with E-state index in [0.29, 0.717) is 20.8 Å². The van der Waals surface area contributed by atoms with Gasteiger partial charge in [-0.15, -0.1) is 23.1 Å². The average Bonchev–Trinajstić information content (AvgIpc) is 2.88. The zero-order valence-corrected chi connectivity index (χ0v) is 12.7. The first-order valence-corrected chi connectivity index (χ1v) is 7.75. The van der Waals surface area contributed by atoms with Gasteiger partial charge in [0, 0.05) is 21.1 Å². The van der Waals surface area contributed by atoms with Crippen molar-refractivity contribution in [2.24, 2.45) is 5.84 Å². The monoisotopic (exact) mass is 333 g/mol. The van der Waals surface area contributed by atoms with Gasteiger partial charge in [0.05, 0.1) is 10.7 Å². The predicted octanol–water partition coefficient (Wildman–Crippen LogP) is 3.35. The number of thiazole rings is 1. The highest BCUT2D eigenvalue weighted by atomic mass is 35.5. The number of nitrogen functional groups attached to an aromatic ring is 1. The van der Waals surface area contributed by atoms with Crippen molar-refractivity contribution in [1.29, 1.82) is 0 Å². The lowest BCUT2D eigenvalue weighted by Crippen LogP contribution is -2.29. The third-order valence-corrected chi connectivity index (χ3v) is 4.80. The molecule has 0 unspecified atom stereocenters. The van der Waals surface area contributed by atoms with E-state index in [1.165, 1.54) is 23.1 Å². The van der Waals surface area contributed by atoms with Gasteiger partial charge in [-0.3, -0.25) is 10.2 Å².